The number of thioether (sulfide) groups is 1. The number of nitrogens with zero attached hydrogens (tertiary/aromatic N) is 1. The first-order valence-electron chi connectivity index (χ1n) is 8.35. The fourth-order valence-electron chi connectivity index (χ4n) is 3.49. The Morgan fingerprint density at radius 1 is 1.42 bits per heavy atom. The van der Waals surface area contributed by atoms with Crippen molar-refractivity contribution in [3.63, 3.8) is 0 Å². The van der Waals surface area contributed by atoms with Crippen molar-refractivity contribution in [2.45, 2.75) is 44.5 Å². The first kappa shape index (κ1) is 17.1. The molecule has 2 atom stereocenters. The quantitative estimate of drug-likeness (QED) is 0.829. The Hall–Kier alpha value is -1.69. The molecule has 0 radical (unpaired) electrons. The minimum atomic E-state index is -0.352. The number of hydrogen-bond acceptors (Lipinski definition) is 4. The number of para-hydroxylation sites is 1. The summed E-state index contributed by atoms with van der Waals surface area (Å²) in [5.41, 5.74) is 2.18. The molecule has 2 saturated heterocycles. The van der Waals surface area contributed by atoms with Crippen molar-refractivity contribution < 1.29 is 14.3 Å². The number of benzene rings is 1. The molecule has 1 aromatic carbocycles. The molecule has 0 unspecified atom stereocenters. The predicted octanol–water partition coefficient (Wildman–Crippen LogP) is 2.25. The number of aryl methyl sites for hydroxylation is 2. The van der Waals surface area contributed by atoms with Crippen LogP contribution in [0.4, 0.5) is 0 Å². The van der Waals surface area contributed by atoms with Gasteiger partial charge in [0.15, 0.2) is 0 Å². The third-order valence-corrected chi connectivity index (χ3v) is 6.31. The average molecular weight is 348 g/mol. The molecule has 2 amide bonds. The summed E-state index contributed by atoms with van der Waals surface area (Å²) in [6.45, 7) is 6.93. The number of rotatable bonds is 5. The van der Waals surface area contributed by atoms with E-state index in [2.05, 4.69) is 12.2 Å². The van der Waals surface area contributed by atoms with Gasteiger partial charge >= 0.3 is 0 Å². The topological polar surface area (TPSA) is 58.6 Å². The summed E-state index contributed by atoms with van der Waals surface area (Å²) in [5, 5.41) is 2.91. The molecule has 1 N–H and O–H groups in total. The highest BCUT2D eigenvalue weighted by Crippen LogP contribution is 2.47. The van der Waals surface area contributed by atoms with E-state index in [0.717, 1.165) is 23.3 Å². The van der Waals surface area contributed by atoms with E-state index < -0.39 is 0 Å². The van der Waals surface area contributed by atoms with Gasteiger partial charge in [-0.1, -0.05) is 18.2 Å². The highest BCUT2D eigenvalue weighted by atomic mass is 32.2. The first-order valence-corrected chi connectivity index (χ1v) is 9.34. The Morgan fingerprint density at radius 3 is 2.83 bits per heavy atom. The molecule has 2 heterocycles. The zero-order valence-electron chi connectivity index (χ0n) is 14.4. The zero-order valence-corrected chi connectivity index (χ0v) is 15.2. The Labute approximate surface area is 147 Å². The minimum absolute atomic E-state index is 0.0772. The van der Waals surface area contributed by atoms with E-state index in [4.69, 9.17) is 4.74 Å². The summed E-state index contributed by atoms with van der Waals surface area (Å²) in [7, 11) is 0. The molecule has 0 aromatic heterocycles. The standard InChI is InChI=1S/C18H24N2O3S/c1-12-5-4-6-13(2)16(12)23-10-9-19-17(22)14-11-24-18(3)8-7-15(21)20(14)18/h4-6,14H,7-11H2,1-3H3,(H,19,22)/t14-,18-/m1/s1. The lowest BCUT2D eigenvalue weighted by Gasteiger charge is -2.29. The van der Waals surface area contributed by atoms with E-state index in [-0.39, 0.29) is 22.7 Å². The maximum atomic E-state index is 12.4. The molecule has 0 aliphatic carbocycles. The Bertz CT molecular complexity index is 643. The van der Waals surface area contributed by atoms with Crippen LogP contribution in [0.25, 0.3) is 0 Å². The van der Waals surface area contributed by atoms with E-state index in [1.807, 2.05) is 32.0 Å². The molecule has 2 aliphatic rings. The van der Waals surface area contributed by atoms with Crippen molar-refractivity contribution in [2.75, 3.05) is 18.9 Å². The van der Waals surface area contributed by atoms with Crippen molar-refractivity contribution in [1.82, 2.24) is 10.2 Å². The van der Waals surface area contributed by atoms with Crippen LogP contribution in [-0.4, -0.2) is 46.5 Å². The Balaban J connectivity index is 1.51. The lowest BCUT2D eigenvalue weighted by Crippen LogP contribution is -2.50. The van der Waals surface area contributed by atoms with Crippen LogP contribution in [0.3, 0.4) is 0 Å². The van der Waals surface area contributed by atoms with E-state index in [1.54, 1.807) is 16.7 Å². The van der Waals surface area contributed by atoms with Gasteiger partial charge in [-0.25, -0.2) is 0 Å². The van der Waals surface area contributed by atoms with Crippen LogP contribution >= 0.6 is 11.8 Å². The highest BCUT2D eigenvalue weighted by Gasteiger charge is 2.52. The molecule has 1 aromatic rings. The third-order valence-electron chi connectivity index (χ3n) is 4.80. The minimum Gasteiger partial charge on any atom is -0.491 e. The number of carbonyl (C=O) groups excluding carboxylic acids is 2. The molecular formula is C18H24N2O3S. The summed E-state index contributed by atoms with van der Waals surface area (Å²) < 4.78 is 5.81. The van der Waals surface area contributed by atoms with Crippen LogP contribution in [0.1, 0.15) is 30.9 Å². The van der Waals surface area contributed by atoms with E-state index >= 15 is 0 Å². The third kappa shape index (κ3) is 3.11. The van der Waals surface area contributed by atoms with Crippen molar-refractivity contribution in [3.8, 4) is 5.75 Å². The van der Waals surface area contributed by atoms with Crippen LogP contribution in [-0.2, 0) is 9.59 Å². The van der Waals surface area contributed by atoms with E-state index in [0.29, 0.717) is 25.3 Å². The molecule has 0 bridgehead atoms. The molecule has 3 rings (SSSR count). The van der Waals surface area contributed by atoms with Gasteiger partial charge in [-0.05, 0) is 38.3 Å². The van der Waals surface area contributed by atoms with Crippen molar-refractivity contribution in [1.29, 1.82) is 0 Å². The van der Waals surface area contributed by atoms with Crippen LogP contribution in [0.2, 0.25) is 0 Å². The maximum absolute atomic E-state index is 12.4. The molecule has 5 nitrogen and oxygen atoms in total. The largest absolute Gasteiger partial charge is 0.491 e. The number of carbonyl (C=O) groups is 2. The Kier molecular flexibility index (Phi) is 4.76. The molecule has 0 saturated carbocycles. The summed E-state index contributed by atoms with van der Waals surface area (Å²) in [6.07, 6.45) is 1.37. The number of amides is 2. The van der Waals surface area contributed by atoms with Crippen LogP contribution in [0.15, 0.2) is 18.2 Å². The molecule has 24 heavy (non-hydrogen) atoms. The zero-order chi connectivity index (χ0) is 17.3. The van der Waals surface area contributed by atoms with Gasteiger partial charge in [0.05, 0.1) is 11.4 Å². The Morgan fingerprint density at radius 2 is 2.12 bits per heavy atom. The van der Waals surface area contributed by atoms with Gasteiger partial charge in [0.1, 0.15) is 18.4 Å². The smallest absolute Gasteiger partial charge is 0.243 e. The highest BCUT2D eigenvalue weighted by molar-refractivity contribution is 8.01. The second-order valence-electron chi connectivity index (χ2n) is 6.63. The van der Waals surface area contributed by atoms with Gasteiger partial charge < -0.3 is 15.0 Å². The molecule has 2 aliphatic heterocycles. The van der Waals surface area contributed by atoms with Gasteiger partial charge in [0.25, 0.3) is 0 Å². The second kappa shape index (κ2) is 6.67. The summed E-state index contributed by atoms with van der Waals surface area (Å²) in [4.78, 5) is 26.1. The van der Waals surface area contributed by atoms with Crippen molar-refractivity contribution >= 4 is 23.6 Å². The van der Waals surface area contributed by atoms with E-state index in [1.165, 1.54) is 0 Å². The lowest BCUT2D eigenvalue weighted by molar-refractivity contribution is -0.137. The van der Waals surface area contributed by atoms with Crippen LogP contribution in [0, 0.1) is 13.8 Å². The number of nitrogens with one attached hydrogen (secondary N) is 1. The molecular weight excluding hydrogens is 324 g/mol. The van der Waals surface area contributed by atoms with Crippen molar-refractivity contribution in [2.24, 2.45) is 0 Å². The van der Waals surface area contributed by atoms with Gasteiger partial charge in [-0.15, -0.1) is 11.8 Å². The van der Waals surface area contributed by atoms with Gasteiger partial charge in [-0.2, -0.15) is 0 Å². The normalized spacial score (nSPS) is 25.7. The van der Waals surface area contributed by atoms with Crippen molar-refractivity contribution in [3.05, 3.63) is 29.3 Å². The number of ether oxygens (including phenoxy) is 1. The predicted molar refractivity (Wildman–Crippen MR) is 95.2 cm³/mol. The molecule has 130 valence electrons. The molecule has 2 fully saturated rings. The van der Waals surface area contributed by atoms with Gasteiger partial charge in [0.2, 0.25) is 11.8 Å². The fourth-order valence-corrected chi connectivity index (χ4v) is 4.92. The summed E-state index contributed by atoms with van der Waals surface area (Å²) in [5.74, 6) is 1.57. The van der Waals surface area contributed by atoms with Gasteiger partial charge in [0, 0.05) is 12.2 Å². The molecule has 0 spiro atoms. The number of fused-ring (bicyclic) bond motifs is 1. The molecule has 6 heteroatoms. The van der Waals surface area contributed by atoms with Crippen LogP contribution < -0.4 is 10.1 Å². The lowest BCUT2D eigenvalue weighted by atomic mass is 10.1. The fraction of sp³-hybridized carbons (Fsp3) is 0.556. The summed E-state index contributed by atoms with van der Waals surface area (Å²) >= 11 is 1.71. The average Bonchev–Trinajstić information content (AvgIpc) is 3.03. The number of hydrogen-bond donors (Lipinski definition) is 1. The van der Waals surface area contributed by atoms with Gasteiger partial charge in [-0.3, -0.25) is 9.59 Å². The van der Waals surface area contributed by atoms with Crippen LogP contribution in [0.5, 0.6) is 5.75 Å². The first-order chi connectivity index (χ1) is 11.4. The monoisotopic (exact) mass is 348 g/mol. The second-order valence-corrected chi connectivity index (χ2v) is 8.13. The SMILES string of the molecule is Cc1cccc(C)c1OCCNC(=O)[C@H]1CS[C@]2(C)CCC(=O)N12. The maximum Gasteiger partial charge on any atom is 0.243 e. The summed E-state index contributed by atoms with van der Waals surface area (Å²) in [6, 6.07) is 5.67. The van der Waals surface area contributed by atoms with E-state index in [9.17, 15) is 9.59 Å².